The van der Waals surface area contributed by atoms with Gasteiger partial charge < -0.3 is 9.80 Å². The molecule has 2 nitrogen and oxygen atoms in total. The average Bonchev–Trinajstić information content (AvgIpc) is 3.14. The van der Waals surface area contributed by atoms with Gasteiger partial charge in [0.25, 0.3) is 0 Å². The molecule has 0 radical (unpaired) electrons. The summed E-state index contributed by atoms with van der Waals surface area (Å²) in [5.74, 6) is 0. The highest BCUT2D eigenvalue weighted by molar-refractivity contribution is 5.82. The van der Waals surface area contributed by atoms with Gasteiger partial charge in [-0.3, -0.25) is 0 Å². The minimum atomic E-state index is 1.14. The van der Waals surface area contributed by atoms with Crippen molar-refractivity contribution in [1.29, 1.82) is 0 Å². The molecule has 7 aromatic carbocycles. The van der Waals surface area contributed by atoms with Crippen LogP contribution in [0.25, 0.3) is 23.3 Å². The Labute approximate surface area is 297 Å². The predicted molar refractivity (Wildman–Crippen MR) is 216 cm³/mol. The number of anilines is 6. The van der Waals surface area contributed by atoms with Gasteiger partial charge in [-0.25, -0.2) is 0 Å². The fourth-order valence-corrected chi connectivity index (χ4v) is 6.53. The van der Waals surface area contributed by atoms with Crippen molar-refractivity contribution in [2.75, 3.05) is 9.80 Å². The zero-order valence-electron chi connectivity index (χ0n) is 29.2. The Balaban J connectivity index is 1.09. The number of para-hydroxylation sites is 2. The Morgan fingerprint density at radius 3 is 1.14 bits per heavy atom. The summed E-state index contributed by atoms with van der Waals surface area (Å²) in [6.45, 7) is 8.63. The van der Waals surface area contributed by atoms with Gasteiger partial charge in [0, 0.05) is 34.1 Å². The summed E-state index contributed by atoms with van der Waals surface area (Å²) >= 11 is 0. The summed E-state index contributed by atoms with van der Waals surface area (Å²) in [7, 11) is 0. The molecular weight excluding hydrogens is 605 g/mol. The fraction of sp³-hybridized carbons (Fsp3) is 0.0833. The highest BCUT2D eigenvalue weighted by Crippen LogP contribution is 2.39. The third kappa shape index (κ3) is 7.16. The van der Waals surface area contributed by atoms with Gasteiger partial charge in [-0.1, -0.05) is 121 Å². The standard InChI is InChI=1S/C48H42N2/c1-35-11-9-15-45(33-35)49(47-17-7-5-13-37(47)3)43-29-23-40(24-30-43)20-19-39-21-25-41(26-22-39)42-27-31-44(32-28-42)50(46-16-10-12-36(2)34-46)48-18-8-6-14-38(48)4/h5-34H,1-4H3/b20-19+. The molecule has 0 aliphatic rings. The smallest absolute Gasteiger partial charge is 0.0490 e. The van der Waals surface area contributed by atoms with Gasteiger partial charge in [-0.15, -0.1) is 0 Å². The molecule has 0 aliphatic carbocycles. The molecule has 0 spiro atoms. The first kappa shape index (κ1) is 32.4. The fourth-order valence-electron chi connectivity index (χ4n) is 6.53. The Hall–Kier alpha value is -6.12. The van der Waals surface area contributed by atoms with Crippen LogP contribution in [0, 0.1) is 27.7 Å². The van der Waals surface area contributed by atoms with E-state index < -0.39 is 0 Å². The maximum absolute atomic E-state index is 2.34. The first-order chi connectivity index (χ1) is 24.4. The third-order valence-electron chi connectivity index (χ3n) is 9.22. The topological polar surface area (TPSA) is 6.48 Å². The monoisotopic (exact) mass is 646 g/mol. The zero-order chi connectivity index (χ0) is 34.5. The van der Waals surface area contributed by atoms with Crippen molar-refractivity contribution in [3.63, 3.8) is 0 Å². The Bertz CT molecular complexity index is 2240. The van der Waals surface area contributed by atoms with Gasteiger partial charge in [0.2, 0.25) is 0 Å². The Morgan fingerprint density at radius 2 is 0.720 bits per heavy atom. The molecule has 0 atom stereocenters. The maximum atomic E-state index is 2.34. The molecule has 0 N–H and O–H groups in total. The third-order valence-corrected chi connectivity index (χ3v) is 9.22. The zero-order valence-corrected chi connectivity index (χ0v) is 29.2. The van der Waals surface area contributed by atoms with Gasteiger partial charge in [0.05, 0.1) is 0 Å². The van der Waals surface area contributed by atoms with Gasteiger partial charge >= 0.3 is 0 Å². The number of benzene rings is 7. The van der Waals surface area contributed by atoms with Crippen LogP contribution < -0.4 is 9.80 Å². The van der Waals surface area contributed by atoms with Crippen LogP contribution in [0.3, 0.4) is 0 Å². The van der Waals surface area contributed by atoms with E-state index in [1.807, 2.05) is 0 Å². The molecule has 0 aromatic heterocycles. The van der Waals surface area contributed by atoms with Crippen molar-refractivity contribution in [3.8, 4) is 11.1 Å². The summed E-state index contributed by atoms with van der Waals surface area (Å²) in [5.41, 5.74) is 16.7. The SMILES string of the molecule is Cc1cccc(N(c2ccc(/C=C/c3ccc(-c4ccc(N(c5cccc(C)c5)c5ccccc5C)cc4)cc3)cc2)c2ccccc2C)c1. The number of nitrogens with zero attached hydrogens (tertiary/aromatic N) is 2. The quantitative estimate of drug-likeness (QED) is 0.144. The molecule has 0 unspecified atom stereocenters. The summed E-state index contributed by atoms with van der Waals surface area (Å²) < 4.78 is 0. The van der Waals surface area contributed by atoms with Gasteiger partial charge in [-0.2, -0.15) is 0 Å². The van der Waals surface area contributed by atoms with E-state index in [1.54, 1.807) is 0 Å². The lowest BCUT2D eigenvalue weighted by Crippen LogP contribution is -2.11. The van der Waals surface area contributed by atoms with Crippen molar-refractivity contribution in [3.05, 3.63) is 203 Å². The number of aryl methyl sites for hydroxylation is 4. The normalized spacial score (nSPS) is 11.1. The van der Waals surface area contributed by atoms with Gasteiger partial charge in [-0.05, 0) is 133 Å². The molecule has 0 saturated heterocycles. The summed E-state index contributed by atoms with van der Waals surface area (Å²) in [6.07, 6.45) is 4.37. The molecular formula is C48H42N2. The molecule has 0 amide bonds. The number of rotatable bonds is 9. The first-order valence-electron chi connectivity index (χ1n) is 17.3. The van der Waals surface area contributed by atoms with E-state index in [9.17, 15) is 0 Å². The van der Waals surface area contributed by atoms with Gasteiger partial charge in [0.1, 0.15) is 0 Å². The summed E-state index contributed by atoms with van der Waals surface area (Å²) in [4.78, 5) is 4.68. The van der Waals surface area contributed by atoms with Gasteiger partial charge in [0.15, 0.2) is 0 Å². The van der Waals surface area contributed by atoms with Crippen LogP contribution in [0.5, 0.6) is 0 Å². The number of hydrogen-bond acceptors (Lipinski definition) is 2. The second-order valence-electron chi connectivity index (χ2n) is 13.0. The van der Waals surface area contributed by atoms with E-state index >= 15 is 0 Å². The van der Waals surface area contributed by atoms with Crippen LogP contribution in [0.1, 0.15) is 33.4 Å². The molecule has 244 valence electrons. The lowest BCUT2D eigenvalue weighted by atomic mass is 10.0. The Kier molecular flexibility index (Phi) is 9.44. The van der Waals surface area contributed by atoms with Crippen LogP contribution in [0.2, 0.25) is 0 Å². The van der Waals surface area contributed by atoms with Crippen molar-refractivity contribution < 1.29 is 0 Å². The average molecular weight is 647 g/mol. The van der Waals surface area contributed by atoms with E-state index in [0.717, 1.165) is 28.3 Å². The molecule has 0 heterocycles. The minimum absolute atomic E-state index is 1.14. The summed E-state index contributed by atoms with van der Waals surface area (Å²) in [6, 6.07) is 61.0. The van der Waals surface area contributed by atoms with Crippen molar-refractivity contribution >= 4 is 46.3 Å². The van der Waals surface area contributed by atoms with Crippen LogP contribution in [-0.4, -0.2) is 0 Å². The van der Waals surface area contributed by atoms with E-state index in [1.165, 1.54) is 50.3 Å². The second-order valence-corrected chi connectivity index (χ2v) is 13.0. The van der Waals surface area contributed by atoms with Crippen LogP contribution in [0.4, 0.5) is 34.1 Å². The highest BCUT2D eigenvalue weighted by Gasteiger charge is 2.16. The van der Waals surface area contributed by atoms with E-state index in [4.69, 9.17) is 0 Å². The maximum Gasteiger partial charge on any atom is 0.0490 e. The highest BCUT2D eigenvalue weighted by atomic mass is 15.1. The Morgan fingerprint density at radius 1 is 0.340 bits per heavy atom. The van der Waals surface area contributed by atoms with Crippen molar-refractivity contribution in [2.45, 2.75) is 27.7 Å². The lowest BCUT2D eigenvalue weighted by Gasteiger charge is -2.27. The molecule has 0 fully saturated rings. The van der Waals surface area contributed by atoms with Crippen LogP contribution in [0.15, 0.2) is 170 Å². The predicted octanol–water partition coefficient (Wildman–Crippen LogP) is 13.7. The second kappa shape index (κ2) is 14.6. The number of hydrogen-bond donors (Lipinski definition) is 0. The van der Waals surface area contributed by atoms with Crippen molar-refractivity contribution in [2.24, 2.45) is 0 Å². The molecule has 2 heteroatoms. The van der Waals surface area contributed by atoms with E-state index in [0.29, 0.717) is 0 Å². The van der Waals surface area contributed by atoms with E-state index in [-0.39, 0.29) is 0 Å². The summed E-state index contributed by atoms with van der Waals surface area (Å²) in [5, 5.41) is 0. The van der Waals surface area contributed by atoms with Crippen LogP contribution in [-0.2, 0) is 0 Å². The molecule has 0 saturated carbocycles. The largest absolute Gasteiger partial charge is 0.310 e. The van der Waals surface area contributed by atoms with Crippen LogP contribution >= 0.6 is 0 Å². The molecule has 50 heavy (non-hydrogen) atoms. The molecule has 7 aromatic rings. The van der Waals surface area contributed by atoms with Crippen molar-refractivity contribution in [1.82, 2.24) is 0 Å². The minimum Gasteiger partial charge on any atom is -0.310 e. The molecule has 0 aliphatic heterocycles. The lowest BCUT2D eigenvalue weighted by molar-refractivity contribution is 1.24. The first-order valence-corrected chi connectivity index (χ1v) is 17.3. The molecule has 0 bridgehead atoms. The van der Waals surface area contributed by atoms with E-state index in [2.05, 4.69) is 220 Å². The molecule has 7 rings (SSSR count).